The maximum atomic E-state index is 13.0. The Morgan fingerprint density at radius 1 is 1.10 bits per heavy atom. The molecule has 1 aliphatic heterocycles. The lowest BCUT2D eigenvalue weighted by molar-refractivity contribution is -0.144. The quantitative estimate of drug-likeness (QED) is 0.592. The van der Waals surface area contributed by atoms with Gasteiger partial charge in [0.05, 0.1) is 23.8 Å². The fourth-order valence-corrected chi connectivity index (χ4v) is 3.70. The van der Waals surface area contributed by atoms with Crippen LogP contribution in [0, 0.1) is 0 Å². The van der Waals surface area contributed by atoms with Crippen molar-refractivity contribution in [3.05, 3.63) is 82.6 Å². The molecule has 1 aliphatic rings. The van der Waals surface area contributed by atoms with Crippen molar-refractivity contribution < 1.29 is 27.5 Å². The molecule has 164 valence electrons. The fraction of sp³-hybridized carbons (Fsp3) is 0.333. The van der Waals surface area contributed by atoms with Crippen molar-refractivity contribution in [1.82, 2.24) is 4.90 Å². The third kappa shape index (κ3) is 5.16. The van der Waals surface area contributed by atoms with E-state index in [4.69, 9.17) is 4.74 Å². The predicted octanol–water partition coefficient (Wildman–Crippen LogP) is 5.45. The van der Waals surface area contributed by atoms with Gasteiger partial charge >= 0.3 is 12.1 Å². The molecule has 0 N–H and O–H groups in total. The molecule has 4 nitrogen and oxygen atoms in total. The first kappa shape index (κ1) is 22.6. The molecule has 1 atom stereocenters. The third-order valence-corrected chi connectivity index (χ3v) is 5.21. The Morgan fingerprint density at radius 3 is 2.26 bits per heavy atom. The van der Waals surface area contributed by atoms with E-state index in [1.807, 2.05) is 30.3 Å². The molecule has 0 saturated carbocycles. The van der Waals surface area contributed by atoms with Gasteiger partial charge in [0.25, 0.3) is 0 Å². The molecule has 3 rings (SSSR count). The SMILES string of the molecule is CC1=C(C(=O)OC(C)C)C(c2ccc(C(F)(F)F)cc2)CC(=O)N1Cc1ccccc1. The maximum absolute atomic E-state index is 13.0. The summed E-state index contributed by atoms with van der Waals surface area (Å²) in [4.78, 5) is 27.4. The molecule has 1 amide bonds. The highest BCUT2D eigenvalue weighted by Gasteiger charge is 2.38. The van der Waals surface area contributed by atoms with Gasteiger partial charge in [-0.2, -0.15) is 13.2 Å². The van der Waals surface area contributed by atoms with Gasteiger partial charge < -0.3 is 9.64 Å². The van der Waals surface area contributed by atoms with Crippen LogP contribution >= 0.6 is 0 Å². The predicted molar refractivity (Wildman–Crippen MR) is 110 cm³/mol. The number of hydrogen-bond acceptors (Lipinski definition) is 3. The molecule has 0 spiro atoms. The van der Waals surface area contributed by atoms with E-state index in [2.05, 4.69) is 0 Å². The molecule has 1 unspecified atom stereocenters. The van der Waals surface area contributed by atoms with Gasteiger partial charge in [0.2, 0.25) is 5.91 Å². The topological polar surface area (TPSA) is 46.6 Å². The molecule has 2 aromatic rings. The number of nitrogens with zero attached hydrogens (tertiary/aromatic N) is 1. The highest BCUT2D eigenvalue weighted by molar-refractivity contribution is 5.96. The second kappa shape index (κ2) is 8.96. The van der Waals surface area contributed by atoms with Crippen LogP contribution in [0.15, 0.2) is 65.9 Å². The van der Waals surface area contributed by atoms with Crippen molar-refractivity contribution in [2.24, 2.45) is 0 Å². The molecule has 0 aromatic heterocycles. The van der Waals surface area contributed by atoms with Gasteiger partial charge in [-0.25, -0.2) is 4.79 Å². The van der Waals surface area contributed by atoms with Crippen LogP contribution in [0.5, 0.6) is 0 Å². The number of esters is 1. The Balaban J connectivity index is 2.02. The van der Waals surface area contributed by atoms with Gasteiger partial charge in [-0.3, -0.25) is 4.79 Å². The largest absolute Gasteiger partial charge is 0.460 e. The zero-order valence-electron chi connectivity index (χ0n) is 17.6. The van der Waals surface area contributed by atoms with Crippen LogP contribution in [-0.4, -0.2) is 22.9 Å². The molecule has 1 heterocycles. The Bertz CT molecular complexity index is 979. The number of hydrogen-bond donors (Lipinski definition) is 0. The lowest BCUT2D eigenvalue weighted by Crippen LogP contribution is -2.38. The minimum Gasteiger partial charge on any atom is -0.460 e. The second-order valence-electron chi connectivity index (χ2n) is 7.80. The number of rotatable bonds is 5. The van der Waals surface area contributed by atoms with Crippen molar-refractivity contribution in [2.45, 2.75) is 51.9 Å². The van der Waals surface area contributed by atoms with Crippen LogP contribution in [0.25, 0.3) is 0 Å². The molecule has 0 fully saturated rings. The number of halogens is 3. The molecule has 0 bridgehead atoms. The van der Waals surface area contributed by atoms with Crippen molar-refractivity contribution in [3.8, 4) is 0 Å². The number of amides is 1. The first-order chi connectivity index (χ1) is 14.6. The second-order valence-corrected chi connectivity index (χ2v) is 7.80. The minimum atomic E-state index is -4.46. The average molecular weight is 431 g/mol. The smallest absolute Gasteiger partial charge is 0.416 e. The number of allylic oxidation sites excluding steroid dienone is 1. The summed E-state index contributed by atoms with van der Waals surface area (Å²) in [5.74, 6) is -1.44. The summed E-state index contributed by atoms with van der Waals surface area (Å²) >= 11 is 0. The summed E-state index contributed by atoms with van der Waals surface area (Å²) in [6, 6.07) is 13.9. The van der Waals surface area contributed by atoms with Crippen molar-refractivity contribution in [2.75, 3.05) is 0 Å². The van der Waals surface area contributed by atoms with E-state index in [-0.39, 0.29) is 18.4 Å². The summed E-state index contributed by atoms with van der Waals surface area (Å²) in [6.45, 7) is 5.41. The summed E-state index contributed by atoms with van der Waals surface area (Å²) in [7, 11) is 0. The highest BCUT2D eigenvalue weighted by atomic mass is 19.4. The van der Waals surface area contributed by atoms with Crippen LogP contribution in [0.3, 0.4) is 0 Å². The van der Waals surface area contributed by atoms with Gasteiger partial charge in [-0.1, -0.05) is 42.5 Å². The molecule has 7 heteroatoms. The van der Waals surface area contributed by atoms with Crippen LogP contribution in [0.4, 0.5) is 13.2 Å². The first-order valence-corrected chi connectivity index (χ1v) is 10.0. The molecule has 2 aromatic carbocycles. The average Bonchev–Trinajstić information content (AvgIpc) is 2.70. The van der Waals surface area contributed by atoms with Crippen LogP contribution in [0.1, 0.15) is 49.8 Å². The summed E-state index contributed by atoms with van der Waals surface area (Å²) in [6.07, 6.45) is -4.86. The summed E-state index contributed by atoms with van der Waals surface area (Å²) in [5, 5.41) is 0. The minimum absolute atomic E-state index is 0.0297. The van der Waals surface area contributed by atoms with Crippen molar-refractivity contribution in [1.29, 1.82) is 0 Å². The van der Waals surface area contributed by atoms with Crippen LogP contribution in [0.2, 0.25) is 0 Å². The van der Waals surface area contributed by atoms with Crippen molar-refractivity contribution in [3.63, 3.8) is 0 Å². The van der Waals surface area contributed by atoms with E-state index in [0.717, 1.165) is 17.7 Å². The zero-order chi connectivity index (χ0) is 22.8. The lowest BCUT2D eigenvalue weighted by Gasteiger charge is -2.35. The number of ether oxygens (including phenoxy) is 1. The fourth-order valence-electron chi connectivity index (χ4n) is 3.70. The number of carbonyl (C=O) groups is 2. The zero-order valence-corrected chi connectivity index (χ0v) is 17.6. The van der Waals surface area contributed by atoms with Crippen LogP contribution in [-0.2, 0) is 27.0 Å². The Labute approximate surface area is 179 Å². The molecular weight excluding hydrogens is 407 g/mol. The van der Waals surface area contributed by atoms with Gasteiger partial charge in [0.1, 0.15) is 0 Å². The van der Waals surface area contributed by atoms with E-state index in [1.165, 1.54) is 17.0 Å². The van der Waals surface area contributed by atoms with Gasteiger partial charge in [-0.05, 0) is 44.0 Å². The normalized spacial score (nSPS) is 17.3. The van der Waals surface area contributed by atoms with E-state index < -0.39 is 23.6 Å². The Kier molecular flexibility index (Phi) is 6.53. The first-order valence-electron chi connectivity index (χ1n) is 10.0. The highest BCUT2D eigenvalue weighted by Crippen LogP contribution is 2.39. The monoisotopic (exact) mass is 431 g/mol. The van der Waals surface area contributed by atoms with Crippen molar-refractivity contribution >= 4 is 11.9 Å². The van der Waals surface area contributed by atoms with E-state index >= 15 is 0 Å². The van der Waals surface area contributed by atoms with Crippen LogP contribution < -0.4 is 0 Å². The molecule has 0 radical (unpaired) electrons. The third-order valence-electron chi connectivity index (χ3n) is 5.21. The number of carbonyl (C=O) groups excluding carboxylic acids is 2. The number of benzene rings is 2. The maximum Gasteiger partial charge on any atom is 0.416 e. The summed E-state index contributed by atoms with van der Waals surface area (Å²) < 4.78 is 44.3. The Morgan fingerprint density at radius 2 is 1.71 bits per heavy atom. The lowest BCUT2D eigenvalue weighted by atomic mass is 9.83. The molecule has 0 saturated heterocycles. The molecule has 31 heavy (non-hydrogen) atoms. The van der Waals surface area contributed by atoms with Gasteiger partial charge in [0.15, 0.2) is 0 Å². The standard InChI is InChI=1S/C24H24F3NO3/c1-15(2)31-23(30)22-16(3)28(14-17-7-5-4-6-8-17)21(29)13-20(22)18-9-11-19(12-10-18)24(25,26)27/h4-12,15,20H,13-14H2,1-3H3. The van der Waals surface area contributed by atoms with E-state index in [0.29, 0.717) is 23.4 Å². The number of alkyl halides is 3. The molecule has 0 aliphatic carbocycles. The van der Waals surface area contributed by atoms with E-state index in [9.17, 15) is 22.8 Å². The van der Waals surface area contributed by atoms with Gasteiger partial charge in [0, 0.05) is 18.0 Å². The Hall–Kier alpha value is -3.09. The summed E-state index contributed by atoms with van der Waals surface area (Å²) in [5.41, 5.74) is 1.34. The molecular formula is C24H24F3NO3. The van der Waals surface area contributed by atoms with E-state index in [1.54, 1.807) is 20.8 Å². The van der Waals surface area contributed by atoms with Gasteiger partial charge in [-0.15, -0.1) is 0 Å².